The molecule has 0 heterocycles. The Morgan fingerprint density at radius 3 is 2.12 bits per heavy atom. The molecule has 7 nitrogen and oxygen atoms in total. The summed E-state index contributed by atoms with van der Waals surface area (Å²) in [6, 6.07) is 25.0. The molecule has 3 rings (SSSR count). The van der Waals surface area contributed by atoms with E-state index in [-0.39, 0.29) is 43.8 Å². The first kappa shape index (κ1) is 31.2. The SMILES string of the molecule is CC[C@H](C)NC(=O)[C@H](Cc1ccccc1)N(Cc1ccccc1)C(=O)CCCN(c1cccc(Cl)c1)S(C)(=O)=O. The number of sulfonamides is 1. The molecule has 0 aliphatic heterocycles. The van der Waals surface area contributed by atoms with Gasteiger partial charge in [0.15, 0.2) is 0 Å². The van der Waals surface area contributed by atoms with Crippen molar-refractivity contribution in [3.8, 4) is 0 Å². The Morgan fingerprint density at radius 1 is 0.925 bits per heavy atom. The van der Waals surface area contributed by atoms with Gasteiger partial charge in [0.25, 0.3) is 0 Å². The summed E-state index contributed by atoms with van der Waals surface area (Å²) in [7, 11) is -3.60. The second kappa shape index (κ2) is 14.9. The molecule has 0 radical (unpaired) electrons. The van der Waals surface area contributed by atoms with Crippen molar-refractivity contribution in [3.63, 3.8) is 0 Å². The van der Waals surface area contributed by atoms with E-state index in [4.69, 9.17) is 11.6 Å². The molecule has 40 heavy (non-hydrogen) atoms. The maximum atomic E-state index is 13.8. The molecule has 0 aliphatic carbocycles. The first-order valence-electron chi connectivity index (χ1n) is 13.5. The normalized spacial score (nSPS) is 12.8. The largest absolute Gasteiger partial charge is 0.352 e. The van der Waals surface area contributed by atoms with Crippen LogP contribution >= 0.6 is 11.6 Å². The van der Waals surface area contributed by atoms with Crippen LogP contribution in [0.5, 0.6) is 0 Å². The number of carbonyl (C=O) groups excluding carboxylic acids is 2. The molecule has 0 saturated heterocycles. The van der Waals surface area contributed by atoms with Crippen molar-refractivity contribution in [1.29, 1.82) is 0 Å². The van der Waals surface area contributed by atoms with E-state index in [0.717, 1.165) is 23.8 Å². The molecule has 9 heteroatoms. The lowest BCUT2D eigenvalue weighted by molar-refractivity contribution is -0.141. The average Bonchev–Trinajstić information content (AvgIpc) is 2.93. The molecule has 214 valence electrons. The van der Waals surface area contributed by atoms with Gasteiger partial charge in [0.1, 0.15) is 6.04 Å². The fourth-order valence-corrected chi connectivity index (χ4v) is 5.55. The number of hydrogen-bond acceptors (Lipinski definition) is 4. The minimum Gasteiger partial charge on any atom is -0.352 e. The van der Waals surface area contributed by atoms with Crippen LogP contribution < -0.4 is 9.62 Å². The lowest BCUT2D eigenvalue weighted by Gasteiger charge is -2.32. The molecule has 0 bridgehead atoms. The second-order valence-electron chi connectivity index (χ2n) is 9.95. The van der Waals surface area contributed by atoms with Gasteiger partial charge in [0.05, 0.1) is 11.9 Å². The van der Waals surface area contributed by atoms with Gasteiger partial charge < -0.3 is 10.2 Å². The van der Waals surface area contributed by atoms with Crippen molar-refractivity contribution in [1.82, 2.24) is 10.2 Å². The molecule has 2 atom stereocenters. The third-order valence-electron chi connectivity index (χ3n) is 6.72. The number of rotatable bonds is 14. The zero-order valence-electron chi connectivity index (χ0n) is 23.3. The minimum atomic E-state index is -3.60. The molecule has 0 fully saturated rings. The summed E-state index contributed by atoms with van der Waals surface area (Å²) in [5, 5.41) is 3.48. The predicted molar refractivity (Wildman–Crippen MR) is 162 cm³/mol. The molecule has 1 N–H and O–H groups in total. The molecular weight excluding hydrogens is 546 g/mol. The number of benzene rings is 3. The van der Waals surface area contributed by atoms with E-state index in [1.807, 2.05) is 74.5 Å². The zero-order chi connectivity index (χ0) is 29.1. The summed E-state index contributed by atoms with van der Waals surface area (Å²) in [6.07, 6.45) is 2.60. The van der Waals surface area contributed by atoms with Crippen LogP contribution in [-0.4, -0.2) is 50.0 Å². The molecule has 3 aromatic rings. The lowest BCUT2D eigenvalue weighted by Crippen LogP contribution is -2.52. The summed E-state index contributed by atoms with van der Waals surface area (Å²) in [4.78, 5) is 29.0. The monoisotopic (exact) mass is 583 g/mol. The van der Waals surface area contributed by atoms with Crippen LogP contribution in [0.15, 0.2) is 84.9 Å². The molecular formula is C31H38ClN3O4S. The van der Waals surface area contributed by atoms with Gasteiger partial charge in [-0.15, -0.1) is 0 Å². The summed E-state index contributed by atoms with van der Waals surface area (Å²) >= 11 is 6.10. The van der Waals surface area contributed by atoms with E-state index < -0.39 is 16.1 Å². The van der Waals surface area contributed by atoms with Crippen LogP contribution in [0.1, 0.15) is 44.2 Å². The van der Waals surface area contributed by atoms with Crippen molar-refractivity contribution < 1.29 is 18.0 Å². The van der Waals surface area contributed by atoms with E-state index >= 15 is 0 Å². The average molecular weight is 584 g/mol. The van der Waals surface area contributed by atoms with Crippen LogP contribution in [0.4, 0.5) is 5.69 Å². The van der Waals surface area contributed by atoms with E-state index in [9.17, 15) is 18.0 Å². The smallest absolute Gasteiger partial charge is 0.243 e. The van der Waals surface area contributed by atoms with Crippen molar-refractivity contribution in [2.75, 3.05) is 17.1 Å². The van der Waals surface area contributed by atoms with Crippen LogP contribution in [0.2, 0.25) is 5.02 Å². The summed E-state index contributed by atoms with van der Waals surface area (Å²) in [5.74, 6) is -0.428. The third kappa shape index (κ3) is 9.38. The number of nitrogens with one attached hydrogen (secondary N) is 1. The lowest BCUT2D eigenvalue weighted by atomic mass is 10.0. The van der Waals surface area contributed by atoms with Gasteiger partial charge in [-0.3, -0.25) is 13.9 Å². The van der Waals surface area contributed by atoms with Gasteiger partial charge in [0, 0.05) is 37.0 Å². The Bertz CT molecular complexity index is 1350. The first-order chi connectivity index (χ1) is 19.1. The highest BCUT2D eigenvalue weighted by Gasteiger charge is 2.31. The van der Waals surface area contributed by atoms with Gasteiger partial charge >= 0.3 is 0 Å². The zero-order valence-corrected chi connectivity index (χ0v) is 24.9. The van der Waals surface area contributed by atoms with Crippen LogP contribution in [-0.2, 0) is 32.6 Å². The predicted octanol–water partition coefficient (Wildman–Crippen LogP) is 5.44. The number of anilines is 1. The van der Waals surface area contributed by atoms with Crippen LogP contribution in [0.3, 0.4) is 0 Å². The molecule has 0 saturated carbocycles. The summed E-state index contributed by atoms with van der Waals surface area (Å²) < 4.78 is 26.4. The molecule has 0 aromatic heterocycles. The molecule has 0 unspecified atom stereocenters. The molecule has 0 aliphatic rings. The van der Waals surface area contributed by atoms with Gasteiger partial charge in [-0.25, -0.2) is 8.42 Å². The maximum absolute atomic E-state index is 13.8. The highest BCUT2D eigenvalue weighted by atomic mass is 35.5. The molecule has 3 aromatic carbocycles. The number of nitrogens with zero attached hydrogens (tertiary/aromatic N) is 2. The quantitative estimate of drug-likeness (QED) is 0.274. The van der Waals surface area contributed by atoms with Gasteiger partial charge in [0.2, 0.25) is 21.8 Å². The Balaban J connectivity index is 1.87. The highest BCUT2D eigenvalue weighted by molar-refractivity contribution is 7.92. The maximum Gasteiger partial charge on any atom is 0.243 e. The summed E-state index contributed by atoms with van der Waals surface area (Å²) in [6.45, 7) is 4.30. The Hall–Kier alpha value is -3.36. The van der Waals surface area contributed by atoms with E-state index in [1.54, 1.807) is 29.2 Å². The Labute approximate surface area is 243 Å². The number of halogens is 1. The number of hydrogen-bond donors (Lipinski definition) is 1. The Morgan fingerprint density at radius 2 is 1.55 bits per heavy atom. The van der Waals surface area contributed by atoms with E-state index in [2.05, 4.69) is 5.32 Å². The van der Waals surface area contributed by atoms with Crippen LogP contribution in [0, 0.1) is 0 Å². The van der Waals surface area contributed by atoms with Crippen LogP contribution in [0.25, 0.3) is 0 Å². The highest BCUT2D eigenvalue weighted by Crippen LogP contribution is 2.23. The fourth-order valence-electron chi connectivity index (χ4n) is 4.41. The third-order valence-corrected chi connectivity index (χ3v) is 8.15. The second-order valence-corrected chi connectivity index (χ2v) is 12.3. The fraction of sp³-hybridized carbons (Fsp3) is 0.355. The minimum absolute atomic E-state index is 0.0412. The number of carbonyl (C=O) groups is 2. The summed E-state index contributed by atoms with van der Waals surface area (Å²) in [5.41, 5.74) is 2.29. The molecule has 2 amide bonds. The Kier molecular flexibility index (Phi) is 11.6. The van der Waals surface area contributed by atoms with Crippen molar-refractivity contribution >= 4 is 39.1 Å². The topological polar surface area (TPSA) is 86.8 Å². The van der Waals surface area contributed by atoms with E-state index in [1.165, 1.54) is 4.31 Å². The molecule has 0 spiro atoms. The van der Waals surface area contributed by atoms with Gasteiger partial charge in [-0.2, -0.15) is 0 Å². The van der Waals surface area contributed by atoms with Gasteiger partial charge in [-0.1, -0.05) is 85.3 Å². The van der Waals surface area contributed by atoms with Crippen molar-refractivity contribution in [2.24, 2.45) is 0 Å². The van der Waals surface area contributed by atoms with E-state index in [0.29, 0.717) is 17.1 Å². The first-order valence-corrected chi connectivity index (χ1v) is 15.7. The van der Waals surface area contributed by atoms with Crippen molar-refractivity contribution in [2.45, 2.75) is 58.2 Å². The number of amides is 2. The standard InChI is InChI=1S/C31H38ClN3O4S/c1-4-24(2)33-31(37)29(21-25-13-7-5-8-14-25)34(23-26-15-9-6-10-16-26)30(36)19-12-20-35(40(3,38)39)28-18-11-17-27(32)22-28/h5-11,13-18,22,24,29H,4,12,19-21,23H2,1-3H3,(H,33,37)/t24-,29-/m0/s1. The van der Waals surface area contributed by atoms with Crippen molar-refractivity contribution in [3.05, 3.63) is 101 Å². The van der Waals surface area contributed by atoms with Gasteiger partial charge in [-0.05, 0) is 49.1 Å².